The van der Waals surface area contributed by atoms with E-state index < -0.39 is 0 Å². The molecule has 0 saturated carbocycles. The molecule has 18 heavy (non-hydrogen) atoms. The second kappa shape index (κ2) is 7.12. The largest absolute Gasteiger partial charge is 0.492 e. The van der Waals surface area contributed by atoms with E-state index in [0.717, 1.165) is 36.2 Å². The maximum atomic E-state index is 10.1. The second-order valence-corrected chi connectivity index (χ2v) is 5.60. The molecule has 1 aliphatic heterocycles. The summed E-state index contributed by atoms with van der Waals surface area (Å²) in [6, 6.07) is 7.79. The first-order valence-electron chi connectivity index (χ1n) is 6.53. The van der Waals surface area contributed by atoms with Gasteiger partial charge in [-0.05, 0) is 53.4 Å². The fourth-order valence-electron chi connectivity index (χ4n) is 2.29. The first-order valence-corrected chi connectivity index (χ1v) is 7.33. The Kier molecular flexibility index (Phi) is 5.47. The van der Waals surface area contributed by atoms with E-state index in [-0.39, 0.29) is 6.10 Å². The fourth-order valence-corrected chi connectivity index (χ4v) is 2.69. The molecule has 2 rings (SSSR count). The lowest BCUT2D eigenvalue weighted by Gasteiger charge is -2.27. The van der Waals surface area contributed by atoms with Crippen molar-refractivity contribution in [2.24, 2.45) is 5.92 Å². The van der Waals surface area contributed by atoms with Crippen LogP contribution in [0.4, 0.5) is 0 Å². The number of ether oxygens (including phenoxy) is 1. The predicted molar refractivity (Wildman–Crippen MR) is 75.9 cm³/mol. The minimum Gasteiger partial charge on any atom is -0.492 e. The Balaban J connectivity index is 1.73. The van der Waals surface area contributed by atoms with Crippen LogP contribution in [0.15, 0.2) is 28.7 Å². The molecule has 0 radical (unpaired) electrons. The highest BCUT2D eigenvalue weighted by Gasteiger charge is 2.21. The van der Waals surface area contributed by atoms with E-state index in [1.807, 2.05) is 24.3 Å². The number of para-hydroxylation sites is 1. The minimum absolute atomic E-state index is 0.264. The van der Waals surface area contributed by atoms with Crippen molar-refractivity contribution >= 4 is 15.9 Å². The molecule has 1 aliphatic rings. The molecule has 2 atom stereocenters. The zero-order valence-corrected chi connectivity index (χ0v) is 12.0. The third-order valence-electron chi connectivity index (χ3n) is 3.39. The van der Waals surface area contributed by atoms with E-state index in [4.69, 9.17) is 4.74 Å². The standard InChI is InChI=1S/C14H20BrNO2/c15-12-5-1-2-6-14(12)18-9-7-13(17)11-4-3-8-16-10-11/h1-2,5-6,11,13,16-17H,3-4,7-10H2. The Labute approximate surface area is 117 Å². The topological polar surface area (TPSA) is 41.5 Å². The van der Waals surface area contributed by atoms with Gasteiger partial charge in [-0.3, -0.25) is 0 Å². The SMILES string of the molecule is OC(CCOc1ccccc1Br)C1CCCNC1. The van der Waals surface area contributed by atoms with Crippen molar-refractivity contribution in [2.45, 2.75) is 25.4 Å². The summed E-state index contributed by atoms with van der Waals surface area (Å²) in [5.41, 5.74) is 0. The first kappa shape index (κ1) is 13.8. The highest BCUT2D eigenvalue weighted by Crippen LogP contribution is 2.24. The summed E-state index contributed by atoms with van der Waals surface area (Å²) in [7, 11) is 0. The van der Waals surface area contributed by atoms with Gasteiger partial charge < -0.3 is 15.2 Å². The Morgan fingerprint density at radius 1 is 1.44 bits per heavy atom. The minimum atomic E-state index is -0.264. The van der Waals surface area contributed by atoms with Crippen LogP contribution in [-0.4, -0.2) is 30.9 Å². The lowest BCUT2D eigenvalue weighted by molar-refractivity contribution is 0.0701. The molecule has 0 spiro atoms. The summed E-state index contributed by atoms with van der Waals surface area (Å²) in [4.78, 5) is 0. The zero-order valence-electron chi connectivity index (χ0n) is 10.4. The molecular weight excluding hydrogens is 294 g/mol. The third kappa shape index (κ3) is 3.97. The maximum absolute atomic E-state index is 10.1. The average molecular weight is 314 g/mol. The number of piperidine rings is 1. The normalized spacial score (nSPS) is 21.6. The number of hydrogen-bond acceptors (Lipinski definition) is 3. The number of aliphatic hydroxyl groups is 1. The average Bonchev–Trinajstić information content (AvgIpc) is 2.42. The van der Waals surface area contributed by atoms with Gasteiger partial charge in [0.15, 0.2) is 0 Å². The van der Waals surface area contributed by atoms with Crippen LogP contribution in [-0.2, 0) is 0 Å². The van der Waals surface area contributed by atoms with Gasteiger partial charge in [-0.25, -0.2) is 0 Å². The first-order chi connectivity index (χ1) is 8.77. The number of benzene rings is 1. The summed E-state index contributed by atoms with van der Waals surface area (Å²) < 4.78 is 6.63. The summed E-state index contributed by atoms with van der Waals surface area (Å²) in [5, 5.41) is 13.4. The van der Waals surface area contributed by atoms with Crippen LogP contribution in [0.3, 0.4) is 0 Å². The van der Waals surface area contributed by atoms with E-state index in [9.17, 15) is 5.11 Å². The second-order valence-electron chi connectivity index (χ2n) is 4.74. The molecule has 4 heteroatoms. The molecular formula is C14H20BrNO2. The van der Waals surface area contributed by atoms with E-state index in [1.165, 1.54) is 0 Å². The molecule has 1 aromatic carbocycles. The van der Waals surface area contributed by atoms with Crippen molar-refractivity contribution < 1.29 is 9.84 Å². The molecule has 0 amide bonds. The van der Waals surface area contributed by atoms with Gasteiger partial charge in [-0.2, -0.15) is 0 Å². The number of rotatable bonds is 5. The summed E-state index contributed by atoms with van der Waals surface area (Å²) in [5.74, 6) is 1.22. The molecule has 2 unspecified atom stereocenters. The number of aliphatic hydroxyl groups excluding tert-OH is 1. The molecule has 3 nitrogen and oxygen atoms in total. The molecule has 0 aliphatic carbocycles. The molecule has 1 fully saturated rings. The molecule has 2 N–H and O–H groups in total. The van der Waals surface area contributed by atoms with E-state index in [1.54, 1.807) is 0 Å². The summed E-state index contributed by atoms with van der Waals surface area (Å²) >= 11 is 3.44. The van der Waals surface area contributed by atoms with Crippen LogP contribution < -0.4 is 10.1 Å². The molecule has 100 valence electrons. The van der Waals surface area contributed by atoms with E-state index in [2.05, 4.69) is 21.2 Å². The number of halogens is 1. The van der Waals surface area contributed by atoms with Crippen LogP contribution >= 0.6 is 15.9 Å². The number of hydrogen-bond donors (Lipinski definition) is 2. The van der Waals surface area contributed by atoms with Gasteiger partial charge in [-0.1, -0.05) is 12.1 Å². The monoisotopic (exact) mass is 313 g/mol. The molecule has 1 saturated heterocycles. The van der Waals surface area contributed by atoms with Gasteiger partial charge in [0.25, 0.3) is 0 Å². The van der Waals surface area contributed by atoms with Crippen molar-refractivity contribution in [1.82, 2.24) is 5.32 Å². The molecule has 1 aromatic rings. The number of nitrogens with one attached hydrogen (secondary N) is 1. The zero-order chi connectivity index (χ0) is 12.8. The summed E-state index contributed by atoms with van der Waals surface area (Å²) in [6.07, 6.45) is 2.70. The highest BCUT2D eigenvalue weighted by atomic mass is 79.9. The molecule has 0 aromatic heterocycles. The van der Waals surface area contributed by atoms with Gasteiger partial charge in [-0.15, -0.1) is 0 Å². The van der Waals surface area contributed by atoms with Crippen molar-refractivity contribution in [3.8, 4) is 5.75 Å². The summed E-state index contributed by atoms with van der Waals surface area (Å²) in [6.45, 7) is 2.56. The van der Waals surface area contributed by atoms with Crippen LogP contribution in [0.25, 0.3) is 0 Å². The van der Waals surface area contributed by atoms with Crippen molar-refractivity contribution in [1.29, 1.82) is 0 Å². The lowest BCUT2D eigenvalue weighted by atomic mass is 9.92. The quantitative estimate of drug-likeness (QED) is 0.878. The van der Waals surface area contributed by atoms with Crippen LogP contribution in [0, 0.1) is 5.92 Å². The van der Waals surface area contributed by atoms with E-state index in [0.29, 0.717) is 18.9 Å². The fraction of sp³-hybridized carbons (Fsp3) is 0.571. The smallest absolute Gasteiger partial charge is 0.133 e. The Morgan fingerprint density at radius 3 is 3.00 bits per heavy atom. The van der Waals surface area contributed by atoms with Gasteiger partial charge in [0.05, 0.1) is 17.2 Å². The highest BCUT2D eigenvalue weighted by molar-refractivity contribution is 9.10. The molecule has 0 bridgehead atoms. The van der Waals surface area contributed by atoms with Gasteiger partial charge in [0.2, 0.25) is 0 Å². The Bertz CT molecular complexity index is 367. The van der Waals surface area contributed by atoms with Crippen LogP contribution in [0.2, 0.25) is 0 Å². The third-order valence-corrected chi connectivity index (χ3v) is 4.04. The van der Waals surface area contributed by atoms with E-state index >= 15 is 0 Å². The van der Waals surface area contributed by atoms with Crippen LogP contribution in [0.5, 0.6) is 5.75 Å². The van der Waals surface area contributed by atoms with Crippen molar-refractivity contribution in [3.63, 3.8) is 0 Å². The lowest BCUT2D eigenvalue weighted by Crippen LogP contribution is -2.37. The van der Waals surface area contributed by atoms with Crippen molar-refractivity contribution in [2.75, 3.05) is 19.7 Å². The van der Waals surface area contributed by atoms with Crippen LogP contribution in [0.1, 0.15) is 19.3 Å². The maximum Gasteiger partial charge on any atom is 0.133 e. The van der Waals surface area contributed by atoms with Crippen molar-refractivity contribution in [3.05, 3.63) is 28.7 Å². The van der Waals surface area contributed by atoms with Gasteiger partial charge >= 0.3 is 0 Å². The Morgan fingerprint density at radius 2 is 2.28 bits per heavy atom. The Hall–Kier alpha value is -0.580. The van der Waals surface area contributed by atoms with Gasteiger partial charge in [0.1, 0.15) is 5.75 Å². The molecule has 1 heterocycles. The van der Waals surface area contributed by atoms with Gasteiger partial charge in [0, 0.05) is 13.0 Å². The predicted octanol–water partition coefficient (Wildman–Crippen LogP) is 2.58.